The zero-order chi connectivity index (χ0) is 14.8. The summed E-state index contributed by atoms with van der Waals surface area (Å²) in [4.78, 5) is 15.3. The second kappa shape index (κ2) is 5.09. The van der Waals surface area contributed by atoms with Gasteiger partial charge in [-0.2, -0.15) is 0 Å². The lowest BCUT2D eigenvalue weighted by Gasteiger charge is -2.06. The molecule has 3 rings (SSSR count). The summed E-state index contributed by atoms with van der Waals surface area (Å²) in [6.07, 6.45) is 3.24. The number of carboxylic acids is 1. The number of pyridine rings is 1. The lowest BCUT2D eigenvalue weighted by molar-refractivity contribution is 0.0698. The highest BCUT2D eigenvalue weighted by Crippen LogP contribution is 2.37. The van der Waals surface area contributed by atoms with Crippen LogP contribution in [-0.4, -0.2) is 21.2 Å². The first-order chi connectivity index (χ1) is 10.2. The fraction of sp³-hybridized carbons (Fsp3) is 0. The summed E-state index contributed by atoms with van der Waals surface area (Å²) < 4.78 is 5.05. The van der Waals surface area contributed by atoms with Gasteiger partial charge in [0.05, 0.1) is 11.1 Å². The van der Waals surface area contributed by atoms with Gasteiger partial charge >= 0.3 is 5.97 Å². The molecule has 0 aliphatic rings. The zero-order valence-electron chi connectivity index (χ0n) is 10.9. The number of benzene rings is 1. The molecule has 0 atom stereocenters. The minimum absolute atomic E-state index is 0.0792. The highest BCUT2D eigenvalue weighted by Gasteiger charge is 2.21. The van der Waals surface area contributed by atoms with E-state index in [4.69, 9.17) is 10.3 Å². The molecule has 0 aliphatic carbocycles. The SMILES string of the molecule is Nc1onc(-c2ccncc2)c1-c1ccccc1C(=O)O. The van der Waals surface area contributed by atoms with Crippen LogP contribution >= 0.6 is 0 Å². The number of nitrogens with zero attached hydrogens (tertiary/aromatic N) is 2. The molecule has 0 saturated heterocycles. The Bertz CT molecular complexity index is 797. The van der Waals surface area contributed by atoms with E-state index >= 15 is 0 Å². The van der Waals surface area contributed by atoms with Crippen molar-refractivity contribution in [1.82, 2.24) is 10.1 Å². The van der Waals surface area contributed by atoms with Crippen molar-refractivity contribution in [3.05, 3.63) is 54.4 Å². The topological polar surface area (TPSA) is 102 Å². The minimum Gasteiger partial charge on any atom is -0.478 e. The summed E-state index contributed by atoms with van der Waals surface area (Å²) >= 11 is 0. The van der Waals surface area contributed by atoms with Crippen LogP contribution in [-0.2, 0) is 0 Å². The Balaban J connectivity index is 2.25. The molecule has 104 valence electrons. The van der Waals surface area contributed by atoms with Crippen LogP contribution in [0.25, 0.3) is 22.4 Å². The van der Waals surface area contributed by atoms with Crippen molar-refractivity contribution in [2.24, 2.45) is 0 Å². The van der Waals surface area contributed by atoms with Gasteiger partial charge in [-0.15, -0.1) is 0 Å². The molecule has 0 unspecified atom stereocenters. The maximum atomic E-state index is 11.4. The molecule has 0 saturated carbocycles. The van der Waals surface area contributed by atoms with E-state index in [1.807, 2.05) is 0 Å². The number of carbonyl (C=O) groups is 1. The average Bonchev–Trinajstić information content (AvgIpc) is 2.89. The average molecular weight is 281 g/mol. The van der Waals surface area contributed by atoms with Crippen LogP contribution < -0.4 is 5.73 Å². The predicted octanol–water partition coefficient (Wildman–Crippen LogP) is 2.68. The van der Waals surface area contributed by atoms with Crippen molar-refractivity contribution < 1.29 is 14.4 Å². The van der Waals surface area contributed by atoms with Crippen molar-refractivity contribution in [2.45, 2.75) is 0 Å². The van der Waals surface area contributed by atoms with Gasteiger partial charge in [-0.1, -0.05) is 23.4 Å². The number of hydrogen-bond donors (Lipinski definition) is 2. The van der Waals surface area contributed by atoms with Crippen molar-refractivity contribution in [1.29, 1.82) is 0 Å². The number of anilines is 1. The first-order valence-electron chi connectivity index (χ1n) is 6.16. The lowest BCUT2D eigenvalue weighted by atomic mass is 9.97. The number of hydrogen-bond acceptors (Lipinski definition) is 5. The maximum Gasteiger partial charge on any atom is 0.336 e. The number of rotatable bonds is 3. The molecule has 0 amide bonds. The monoisotopic (exact) mass is 281 g/mol. The molecular weight excluding hydrogens is 270 g/mol. The summed E-state index contributed by atoms with van der Waals surface area (Å²) in [6.45, 7) is 0. The molecule has 6 nitrogen and oxygen atoms in total. The number of carboxylic acid groups (broad SMARTS) is 1. The van der Waals surface area contributed by atoms with Gasteiger partial charge < -0.3 is 15.4 Å². The Morgan fingerprint density at radius 3 is 2.57 bits per heavy atom. The third-order valence-corrected chi connectivity index (χ3v) is 3.10. The third kappa shape index (κ3) is 2.23. The van der Waals surface area contributed by atoms with E-state index in [0.717, 1.165) is 5.56 Å². The van der Waals surface area contributed by atoms with Gasteiger partial charge in [0.2, 0.25) is 5.88 Å². The minimum atomic E-state index is -1.04. The first kappa shape index (κ1) is 12.9. The fourth-order valence-electron chi connectivity index (χ4n) is 2.16. The Kier molecular flexibility index (Phi) is 3.12. The molecule has 3 aromatic rings. The predicted molar refractivity (Wildman–Crippen MR) is 76.5 cm³/mol. The fourth-order valence-corrected chi connectivity index (χ4v) is 2.16. The van der Waals surface area contributed by atoms with Gasteiger partial charge in [-0.05, 0) is 18.2 Å². The van der Waals surface area contributed by atoms with E-state index in [0.29, 0.717) is 16.8 Å². The van der Waals surface area contributed by atoms with E-state index in [1.54, 1.807) is 42.7 Å². The Labute approximate surface area is 119 Å². The van der Waals surface area contributed by atoms with Crippen LogP contribution in [0.5, 0.6) is 0 Å². The standard InChI is InChI=1S/C15H11N3O3/c16-14-12(10-3-1-2-4-11(10)15(19)20)13(18-21-14)9-5-7-17-8-6-9/h1-8H,16H2,(H,19,20). The summed E-state index contributed by atoms with van der Waals surface area (Å²) in [5, 5.41) is 13.3. The van der Waals surface area contributed by atoms with Crippen molar-refractivity contribution >= 4 is 11.9 Å². The zero-order valence-corrected chi connectivity index (χ0v) is 10.9. The molecule has 1 aromatic carbocycles. The Morgan fingerprint density at radius 1 is 1.14 bits per heavy atom. The number of aromatic nitrogens is 2. The summed E-state index contributed by atoms with van der Waals surface area (Å²) in [7, 11) is 0. The van der Waals surface area contributed by atoms with Gasteiger partial charge in [-0.25, -0.2) is 4.79 Å². The smallest absolute Gasteiger partial charge is 0.336 e. The van der Waals surface area contributed by atoms with E-state index in [9.17, 15) is 9.90 Å². The van der Waals surface area contributed by atoms with E-state index in [-0.39, 0.29) is 11.4 Å². The number of nitrogen functional groups attached to an aromatic ring is 1. The summed E-state index contributed by atoms with van der Waals surface area (Å²) in [5.41, 5.74) is 8.16. The molecule has 0 aliphatic heterocycles. The second-order valence-electron chi connectivity index (χ2n) is 4.36. The van der Waals surface area contributed by atoms with Gasteiger partial charge in [0.25, 0.3) is 0 Å². The molecule has 3 N–H and O–H groups in total. The molecule has 0 spiro atoms. The van der Waals surface area contributed by atoms with Crippen LogP contribution in [0.4, 0.5) is 5.88 Å². The number of nitrogens with two attached hydrogens (primary N) is 1. The van der Waals surface area contributed by atoms with Gasteiger partial charge in [-0.3, -0.25) is 4.98 Å². The number of aromatic carboxylic acids is 1. The van der Waals surface area contributed by atoms with Crippen LogP contribution in [0, 0.1) is 0 Å². The molecule has 21 heavy (non-hydrogen) atoms. The van der Waals surface area contributed by atoms with Gasteiger partial charge in [0.1, 0.15) is 5.69 Å². The van der Waals surface area contributed by atoms with Crippen molar-refractivity contribution in [2.75, 3.05) is 5.73 Å². The first-order valence-corrected chi connectivity index (χ1v) is 6.16. The van der Waals surface area contributed by atoms with E-state index in [1.165, 1.54) is 6.07 Å². The largest absolute Gasteiger partial charge is 0.478 e. The molecule has 0 radical (unpaired) electrons. The summed E-state index contributed by atoms with van der Waals surface area (Å²) in [5.74, 6) is -0.956. The van der Waals surface area contributed by atoms with Crippen molar-refractivity contribution in [3.63, 3.8) is 0 Å². The van der Waals surface area contributed by atoms with E-state index < -0.39 is 5.97 Å². The summed E-state index contributed by atoms with van der Waals surface area (Å²) in [6, 6.07) is 10.1. The Morgan fingerprint density at radius 2 is 1.86 bits per heavy atom. The van der Waals surface area contributed by atoms with E-state index in [2.05, 4.69) is 10.1 Å². The molecule has 2 heterocycles. The molecule has 2 aromatic heterocycles. The van der Waals surface area contributed by atoms with Gasteiger partial charge in [0, 0.05) is 23.5 Å². The van der Waals surface area contributed by atoms with Crippen LogP contribution in [0.3, 0.4) is 0 Å². The maximum absolute atomic E-state index is 11.4. The van der Waals surface area contributed by atoms with Crippen molar-refractivity contribution in [3.8, 4) is 22.4 Å². The van der Waals surface area contributed by atoms with Gasteiger partial charge in [0.15, 0.2) is 0 Å². The Hall–Kier alpha value is -3.15. The molecular formula is C15H11N3O3. The highest BCUT2D eigenvalue weighted by molar-refractivity contribution is 6.00. The molecule has 6 heteroatoms. The lowest BCUT2D eigenvalue weighted by Crippen LogP contribution is -2.00. The van der Waals surface area contributed by atoms with Crippen LogP contribution in [0.15, 0.2) is 53.3 Å². The normalized spacial score (nSPS) is 10.5. The third-order valence-electron chi connectivity index (χ3n) is 3.10. The van der Waals surface area contributed by atoms with Crippen LogP contribution in [0.1, 0.15) is 10.4 Å². The highest BCUT2D eigenvalue weighted by atomic mass is 16.5. The second-order valence-corrected chi connectivity index (χ2v) is 4.36. The quantitative estimate of drug-likeness (QED) is 0.765. The van der Waals surface area contributed by atoms with Crippen LogP contribution in [0.2, 0.25) is 0 Å². The molecule has 0 bridgehead atoms. The molecule has 0 fully saturated rings.